The molecule has 0 aliphatic carbocycles. The summed E-state index contributed by atoms with van der Waals surface area (Å²) < 4.78 is 163. The van der Waals surface area contributed by atoms with E-state index in [1.54, 1.807) is 0 Å². The van der Waals surface area contributed by atoms with Crippen LogP contribution in [0.1, 0.15) is 72.2 Å². The number of nitrogens with one attached hydrogen (secondary N) is 4. The van der Waals surface area contributed by atoms with E-state index in [0.29, 0.717) is 44.5 Å². The van der Waals surface area contributed by atoms with E-state index in [4.69, 9.17) is 0 Å². The number of halogens is 13. The largest absolute Gasteiger partial charge is 1.00 e. The molecule has 2 saturated heterocycles. The van der Waals surface area contributed by atoms with Crippen LogP contribution in [0.2, 0.25) is 0 Å². The summed E-state index contributed by atoms with van der Waals surface area (Å²) in [6.07, 6.45) is -18.1. The van der Waals surface area contributed by atoms with Crippen molar-refractivity contribution in [1.29, 1.82) is 0 Å². The molecule has 0 unspecified atom stereocenters. The highest BCUT2D eigenvalue weighted by Gasteiger charge is 2.71. The second kappa shape index (κ2) is 21.4. The molecule has 416 valence electrons. The Labute approximate surface area is 462 Å². The Balaban J connectivity index is 0.00000774. The van der Waals surface area contributed by atoms with Gasteiger partial charge in [0.1, 0.15) is 11.1 Å². The molecule has 2 atom stereocenters. The van der Waals surface area contributed by atoms with Gasteiger partial charge in [-0.3, -0.25) is 0 Å². The number of hydrogen-bond acceptors (Lipinski definition) is 4. The van der Waals surface area contributed by atoms with E-state index < -0.39 is 78.0 Å². The first-order chi connectivity index (χ1) is 37.2. The van der Waals surface area contributed by atoms with Crippen molar-refractivity contribution in [2.45, 2.75) is 75.6 Å². The van der Waals surface area contributed by atoms with Gasteiger partial charge in [-0.25, -0.2) is 0 Å². The first-order valence-corrected chi connectivity index (χ1v) is 27.2. The average molecular weight is 1150 g/mol. The van der Waals surface area contributed by atoms with Gasteiger partial charge in [-0.2, -0.15) is 52.7 Å². The van der Waals surface area contributed by atoms with E-state index in [2.05, 4.69) is 48.0 Å². The first kappa shape index (κ1) is 58.1. The van der Waals surface area contributed by atoms with Crippen LogP contribution in [0.3, 0.4) is 0 Å². The van der Waals surface area contributed by atoms with E-state index in [-0.39, 0.29) is 24.2 Å². The summed E-state index contributed by atoms with van der Waals surface area (Å²) in [6.45, 7) is 8.30. The highest BCUT2D eigenvalue weighted by Crippen LogP contribution is 2.65. The van der Waals surface area contributed by atoms with Crippen LogP contribution in [-0.4, -0.2) is 12.1 Å². The van der Waals surface area contributed by atoms with Gasteiger partial charge in [0.2, 0.25) is 0 Å². The third kappa shape index (κ3) is 11.0. The van der Waals surface area contributed by atoms with Crippen molar-refractivity contribution in [3.8, 4) is 44.5 Å². The summed E-state index contributed by atoms with van der Waals surface area (Å²) in [4.78, 5) is 0. The monoisotopic (exact) mass is 1150 g/mol. The lowest BCUT2D eigenvalue weighted by Crippen LogP contribution is -3.00. The maximum Gasteiger partial charge on any atom is 0.416 e. The minimum atomic E-state index is -4.52. The third-order valence-corrected chi connectivity index (χ3v) is 17.9. The highest BCUT2D eigenvalue weighted by atomic mass is 35.5. The molecule has 0 bridgehead atoms. The van der Waals surface area contributed by atoms with E-state index in [0.717, 1.165) is 70.8 Å². The van der Waals surface area contributed by atoms with Gasteiger partial charge < -0.3 is 12.4 Å². The fourth-order valence-corrected chi connectivity index (χ4v) is 15.2. The van der Waals surface area contributed by atoms with Crippen LogP contribution in [0.25, 0.3) is 44.5 Å². The smallest absolute Gasteiger partial charge is 0.416 e. The Morgan fingerprint density at radius 3 is 0.613 bits per heavy atom. The maximum atomic E-state index is 13.6. The lowest BCUT2D eigenvalue weighted by atomic mass is 9.73. The van der Waals surface area contributed by atoms with Crippen LogP contribution in [-0.2, 0) is 35.8 Å². The summed E-state index contributed by atoms with van der Waals surface area (Å²) in [5, 5.41) is 16.4. The van der Waals surface area contributed by atoms with E-state index in [9.17, 15) is 52.7 Å². The Hall–Kier alpha value is -6.52. The van der Waals surface area contributed by atoms with Crippen molar-refractivity contribution in [2.75, 3.05) is 0 Å². The molecule has 2 aliphatic heterocycles. The van der Waals surface area contributed by atoms with Crippen LogP contribution in [0.5, 0.6) is 0 Å². The van der Waals surface area contributed by atoms with Crippen molar-refractivity contribution < 1.29 is 65.1 Å². The predicted octanol–water partition coefficient (Wildman–Crippen LogP) is 14.7. The maximum absolute atomic E-state index is 13.6. The first-order valence-electron chi connectivity index (χ1n) is 25.4. The normalized spacial score (nSPS) is 18.0. The van der Waals surface area contributed by atoms with E-state index in [1.807, 2.05) is 97.1 Å². The van der Waals surface area contributed by atoms with E-state index >= 15 is 0 Å². The van der Waals surface area contributed by atoms with Gasteiger partial charge in [-0.1, -0.05) is 173 Å². The lowest BCUT2D eigenvalue weighted by Gasteiger charge is -2.36. The molecule has 4 nitrogen and oxygen atoms in total. The summed E-state index contributed by atoms with van der Waals surface area (Å²) in [7, 11) is -3.11. The molecule has 0 aromatic heterocycles. The Kier molecular flexibility index (Phi) is 15.6. The topological polar surface area (TPSA) is 48.1 Å². The van der Waals surface area contributed by atoms with Gasteiger partial charge in [-0.05, 0) is 127 Å². The molecule has 8 aromatic carbocycles. The fourth-order valence-electron chi connectivity index (χ4n) is 11.2. The number of hydrogen-bond donors (Lipinski definition) is 4. The fraction of sp³-hybridized carbons (Fsp3) is 0.226. The Morgan fingerprint density at radius 2 is 0.463 bits per heavy atom. The van der Waals surface area contributed by atoms with Crippen molar-refractivity contribution in [3.63, 3.8) is 0 Å². The second-order valence-electron chi connectivity index (χ2n) is 20.8. The Bertz CT molecular complexity index is 2980. The van der Waals surface area contributed by atoms with Gasteiger partial charge in [0, 0.05) is 0 Å². The minimum Gasteiger partial charge on any atom is -1.00 e. The zero-order valence-electron chi connectivity index (χ0n) is 43.1. The van der Waals surface area contributed by atoms with Gasteiger partial charge in [0.25, 0.3) is 0 Å². The van der Waals surface area contributed by atoms with Crippen molar-refractivity contribution in [2.24, 2.45) is 11.8 Å². The molecule has 18 heteroatoms. The quantitative estimate of drug-likeness (QED) is 0.0814. The van der Waals surface area contributed by atoms with Gasteiger partial charge in [0.05, 0.1) is 34.3 Å². The summed E-state index contributed by atoms with van der Waals surface area (Å²) in [5.41, 5.74) is 2.78. The zero-order chi connectivity index (χ0) is 56.5. The minimum absolute atomic E-state index is 0. The molecular weight excluding hydrogens is 1100 g/mol. The van der Waals surface area contributed by atoms with Gasteiger partial charge >= 0.3 is 32.6 Å². The summed E-state index contributed by atoms with van der Waals surface area (Å²) >= 11 is 0. The molecule has 4 N–H and O–H groups in total. The summed E-state index contributed by atoms with van der Waals surface area (Å²) in [6, 6.07) is 49.1. The van der Waals surface area contributed by atoms with Crippen LogP contribution in [0, 0.1) is 11.8 Å². The molecule has 0 radical (unpaired) electrons. The van der Waals surface area contributed by atoms with Crippen molar-refractivity contribution >= 4 is 7.87 Å². The SMILES string of the molecule is CC(C)[C@@H]1N[P+]2(N[C@@H](C(C)C)C(c3ccc(-c4ccc(C(F)(F)F)cc4)cc3)(c3ccc(-c4ccc(C(F)(F)F)cc4)cc3)N2)NC1(c1ccc(-c2ccc(C(F)(F)F)cc2)cc1)c1ccc(-c2ccc(C(F)(F)F)cc2)cc1.[Cl-]. The zero-order valence-corrected chi connectivity index (χ0v) is 44.8. The van der Waals surface area contributed by atoms with Crippen LogP contribution in [0.15, 0.2) is 194 Å². The van der Waals surface area contributed by atoms with Crippen molar-refractivity contribution in [3.05, 3.63) is 239 Å². The lowest BCUT2D eigenvalue weighted by molar-refractivity contribution is -0.138. The molecule has 2 fully saturated rings. The van der Waals surface area contributed by atoms with Gasteiger partial charge in [0.15, 0.2) is 0 Å². The molecule has 2 heterocycles. The standard InChI is InChI=1S/C62H52F12N4P.ClH/c1-37(2)55-57(47-21-5-39(6-22-47)43-13-29-51(30-14-43)59(63,64)65,48-23-7-40(8-24-48)44-15-31-52(32-16-44)60(66,67)68)77-79(75-55)76-56(38(3)4)58(78-79,49-25-9-41(10-26-49)45-17-33-53(34-18-45)61(69,70)71)50-27-11-42(12-28-50)46-19-35-54(36-20-46)62(72,73)74;/h5-38,55-56,75-78H,1-4H3;1H/q+1;/p-1/t55-,56-,79?;/m0./s1. The third-order valence-electron chi connectivity index (χ3n) is 15.2. The van der Waals surface area contributed by atoms with Crippen LogP contribution in [0.4, 0.5) is 52.7 Å². The molecule has 0 saturated carbocycles. The summed E-state index contributed by atoms with van der Waals surface area (Å²) in [5.74, 6) is -0.226. The molecule has 8 aromatic rings. The van der Waals surface area contributed by atoms with Crippen LogP contribution >= 0.6 is 7.87 Å². The molecule has 10 rings (SSSR count). The Morgan fingerprint density at radius 1 is 0.300 bits per heavy atom. The number of benzene rings is 8. The van der Waals surface area contributed by atoms with Crippen molar-refractivity contribution in [1.82, 2.24) is 20.3 Å². The number of rotatable bonds is 10. The molecule has 2 aliphatic rings. The number of alkyl halides is 12. The molecular formula is C62H52ClF12N4P. The van der Waals surface area contributed by atoms with E-state index in [1.165, 1.54) is 48.5 Å². The van der Waals surface area contributed by atoms with Crippen LogP contribution < -0.4 is 32.8 Å². The average Bonchev–Trinajstić information content (AvgIpc) is 4.18. The molecule has 80 heavy (non-hydrogen) atoms. The predicted molar refractivity (Wildman–Crippen MR) is 286 cm³/mol. The highest BCUT2D eigenvalue weighted by molar-refractivity contribution is 7.69. The molecule has 1 spiro atoms. The second-order valence-corrected chi connectivity index (χ2v) is 23.1. The van der Waals surface area contributed by atoms with Gasteiger partial charge in [-0.15, -0.1) is 20.3 Å². The molecule has 0 amide bonds.